The van der Waals surface area contributed by atoms with Crippen LogP contribution in [0.4, 0.5) is 20.3 Å². The lowest BCUT2D eigenvalue weighted by molar-refractivity contribution is 0.624. The second-order valence-electron chi connectivity index (χ2n) is 6.78. The van der Waals surface area contributed by atoms with Gasteiger partial charge in [-0.25, -0.2) is 8.78 Å². The summed E-state index contributed by atoms with van der Waals surface area (Å²) >= 11 is 11.6. The molecule has 0 spiro atoms. The van der Waals surface area contributed by atoms with Gasteiger partial charge in [-0.2, -0.15) is 10.2 Å². The Labute approximate surface area is 187 Å². The van der Waals surface area contributed by atoms with Gasteiger partial charge in [0.1, 0.15) is 16.7 Å². The highest BCUT2D eigenvalue weighted by atomic mass is 35.5. The van der Waals surface area contributed by atoms with Crippen LogP contribution >= 0.6 is 23.8 Å². The molecule has 31 heavy (non-hydrogen) atoms. The van der Waals surface area contributed by atoms with E-state index in [0.717, 1.165) is 11.1 Å². The number of benzene rings is 2. The lowest BCUT2D eigenvalue weighted by atomic mass is 10.2. The van der Waals surface area contributed by atoms with Gasteiger partial charge >= 0.3 is 0 Å². The lowest BCUT2D eigenvalue weighted by Crippen LogP contribution is -2.19. The summed E-state index contributed by atoms with van der Waals surface area (Å²) in [5.74, 6) is -0.163. The fraction of sp³-hybridized carbons (Fsp3) is 0.0952. The molecule has 0 atom stereocenters. The van der Waals surface area contributed by atoms with Crippen molar-refractivity contribution < 1.29 is 8.78 Å². The third-order valence-corrected chi connectivity index (χ3v) is 4.84. The molecule has 0 bridgehead atoms. The van der Waals surface area contributed by atoms with Gasteiger partial charge in [0.2, 0.25) is 0 Å². The van der Waals surface area contributed by atoms with Gasteiger partial charge in [0.25, 0.3) is 0 Å². The zero-order chi connectivity index (χ0) is 21.8. The fourth-order valence-corrected chi connectivity index (χ4v) is 3.31. The Bertz CT molecular complexity index is 1190. The quantitative estimate of drug-likeness (QED) is 0.402. The summed E-state index contributed by atoms with van der Waals surface area (Å²) in [5.41, 5.74) is 2.50. The van der Waals surface area contributed by atoms with Crippen LogP contribution in [-0.2, 0) is 13.1 Å². The Hall–Kier alpha value is -3.30. The minimum Gasteiger partial charge on any atom is -0.330 e. The molecule has 0 aliphatic carbocycles. The van der Waals surface area contributed by atoms with Crippen LogP contribution in [0.5, 0.6) is 0 Å². The zero-order valence-corrected chi connectivity index (χ0v) is 17.7. The molecule has 2 N–H and O–H groups in total. The van der Waals surface area contributed by atoms with Crippen LogP contribution in [0.1, 0.15) is 11.1 Å². The average Bonchev–Trinajstić information content (AvgIpc) is 3.31. The van der Waals surface area contributed by atoms with Gasteiger partial charge in [-0.15, -0.1) is 0 Å². The van der Waals surface area contributed by atoms with E-state index in [4.69, 9.17) is 23.8 Å². The minimum absolute atomic E-state index is 0.276. The van der Waals surface area contributed by atoms with Crippen LogP contribution < -0.4 is 10.6 Å². The van der Waals surface area contributed by atoms with E-state index in [9.17, 15) is 8.78 Å². The van der Waals surface area contributed by atoms with Crippen molar-refractivity contribution >= 4 is 40.4 Å². The Balaban J connectivity index is 1.34. The number of rotatable bonds is 6. The van der Waals surface area contributed by atoms with Gasteiger partial charge in [0, 0.05) is 12.4 Å². The van der Waals surface area contributed by atoms with Gasteiger partial charge in [0.05, 0.1) is 25.0 Å². The van der Waals surface area contributed by atoms with Crippen molar-refractivity contribution in [3.8, 4) is 0 Å². The number of halogens is 3. The first kappa shape index (κ1) is 21.0. The molecule has 0 aliphatic rings. The largest absolute Gasteiger partial charge is 0.330 e. The van der Waals surface area contributed by atoms with Crippen LogP contribution in [0.3, 0.4) is 0 Å². The van der Waals surface area contributed by atoms with Crippen molar-refractivity contribution in [1.82, 2.24) is 19.6 Å². The molecule has 4 aromatic rings. The van der Waals surface area contributed by atoms with Crippen molar-refractivity contribution in [2.45, 2.75) is 13.1 Å². The molecule has 0 amide bonds. The number of thiocarbonyl (C=S) groups is 1. The fourth-order valence-electron chi connectivity index (χ4n) is 2.90. The van der Waals surface area contributed by atoms with E-state index in [-0.39, 0.29) is 11.6 Å². The third-order valence-electron chi connectivity index (χ3n) is 4.36. The van der Waals surface area contributed by atoms with Crippen molar-refractivity contribution in [3.05, 3.63) is 94.9 Å². The van der Waals surface area contributed by atoms with Crippen LogP contribution in [0.25, 0.3) is 0 Å². The van der Waals surface area contributed by atoms with E-state index in [1.807, 2.05) is 0 Å². The molecule has 158 valence electrons. The van der Waals surface area contributed by atoms with Crippen molar-refractivity contribution in [3.63, 3.8) is 0 Å². The van der Waals surface area contributed by atoms with Crippen LogP contribution in [0.15, 0.2) is 67.1 Å². The summed E-state index contributed by atoms with van der Waals surface area (Å²) in [6.45, 7) is 0.944. The first-order valence-electron chi connectivity index (χ1n) is 9.27. The van der Waals surface area contributed by atoms with Crippen LogP contribution in [0.2, 0.25) is 5.02 Å². The third kappa shape index (κ3) is 5.65. The molecular formula is C21H17ClF2N6S. The van der Waals surface area contributed by atoms with E-state index >= 15 is 0 Å². The number of nitrogens with zero attached hydrogens (tertiary/aromatic N) is 4. The molecule has 6 nitrogen and oxygen atoms in total. The van der Waals surface area contributed by atoms with Crippen molar-refractivity contribution in [2.75, 3.05) is 10.6 Å². The maximum atomic E-state index is 13.0. The summed E-state index contributed by atoms with van der Waals surface area (Å²) in [7, 11) is 0. The number of hydrogen-bond acceptors (Lipinski definition) is 3. The molecule has 2 heterocycles. The van der Waals surface area contributed by atoms with Gasteiger partial charge in [-0.3, -0.25) is 9.36 Å². The van der Waals surface area contributed by atoms with Crippen LogP contribution in [-0.4, -0.2) is 24.7 Å². The second-order valence-corrected chi connectivity index (χ2v) is 7.60. The first-order valence-corrected chi connectivity index (χ1v) is 10.1. The maximum Gasteiger partial charge on any atom is 0.176 e. The minimum atomic E-state index is -0.290. The van der Waals surface area contributed by atoms with Gasteiger partial charge < -0.3 is 10.6 Å². The van der Waals surface area contributed by atoms with E-state index in [0.29, 0.717) is 34.7 Å². The molecule has 0 unspecified atom stereocenters. The standard InChI is InChI=1S/C21H17ClF2N6S/c22-19-13-30(11-15-3-7-17(24)8-4-15)28-20(19)27-21(31)26-18-9-25-29(12-18)10-14-1-5-16(23)6-2-14/h1-9,12-13H,10-11H2,(H2,26,27,28,31). The summed E-state index contributed by atoms with van der Waals surface area (Å²) in [6.07, 6.45) is 5.08. The predicted octanol–water partition coefficient (Wildman–Crippen LogP) is 4.92. The summed E-state index contributed by atoms with van der Waals surface area (Å²) in [5, 5.41) is 15.3. The highest BCUT2D eigenvalue weighted by molar-refractivity contribution is 7.80. The molecule has 0 saturated heterocycles. The molecule has 0 fully saturated rings. The molecular weight excluding hydrogens is 442 g/mol. The van der Waals surface area contributed by atoms with E-state index in [2.05, 4.69) is 20.8 Å². The molecule has 2 aromatic carbocycles. The molecule has 0 radical (unpaired) electrons. The highest BCUT2D eigenvalue weighted by Gasteiger charge is 2.10. The normalized spacial score (nSPS) is 10.8. The second kappa shape index (κ2) is 9.23. The molecule has 4 rings (SSSR count). The molecule has 10 heteroatoms. The van der Waals surface area contributed by atoms with E-state index in [1.165, 1.54) is 24.3 Å². The Morgan fingerprint density at radius 2 is 1.45 bits per heavy atom. The molecule has 2 aromatic heterocycles. The van der Waals surface area contributed by atoms with Gasteiger partial charge in [-0.1, -0.05) is 35.9 Å². The van der Waals surface area contributed by atoms with Crippen molar-refractivity contribution in [1.29, 1.82) is 0 Å². The van der Waals surface area contributed by atoms with E-state index < -0.39 is 0 Å². The first-order chi connectivity index (χ1) is 14.9. The highest BCUT2D eigenvalue weighted by Crippen LogP contribution is 2.20. The average molecular weight is 459 g/mol. The zero-order valence-electron chi connectivity index (χ0n) is 16.1. The lowest BCUT2D eigenvalue weighted by Gasteiger charge is -2.07. The number of nitrogens with one attached hydrogen (secondary N) is 2. The number of hydrogen-bond donors (Lipinski definition) is 2. The van der Waals surface area contributed by atoms with E-state index in [1.54, 1.807) is 52.2 Å². The van der Waals surface area contributed by atoms with Gasteiger partial charge in [-0.05, 0) is 47.6 Å². The molecule has 0 aliphatic heterocycles. The van der Waals surface area contributed by atoms with Crippen LogP contribution in [0, 0.1) is 11.6 Å². The summed E-state index contributed by atoms with van der Waals surface area (Å²) in [6, 6.07) is 12.4. The molecule has 0 saturated carbocycles. The van der Waals surface area contributed by atoms with Gasteiger partial charge in [0.15, 0.2) is 10.9 Å². The van der Waals surface area contributed by atoms with Crippen molar-refractivity contribution in [2.24, 2.45) is 0 Å². The maximum absolute atomic E-state index is 13.0. The predicted molar refractivity (Wildman–Crippen MR) is 120 cm³/mol. The number of aromatic nitrogens is 4. The summed E-state index contributed by atoms with van der Waals surface area (Å²) < 4.78 is 29.4. The summed E-state index contributed by atoms with van der Waals surface area (Å²) in [4.78, 5) is 0. The monoisotopic (exact) mass is 458 g/mol. The Morgan fingerprint density at radius 3 is 2.06 bits per heavy atom. The SMILES string of the molecule is Fc1ccc(Cn2cc(NC(=S)Nc3nn(Cc4ccc(F)cc4)cc3Cl)cn2)cc1. The Morgan fingerprint density at radius 1 is 0.871 bits per heavy atom. The smallest absolute Gasteiger partial charge is 0.176 e. The number of anilines is 2. The topological polar surface area (TPSA) is 59.7 Å². The Kier molecular flexibility index (Phi) is 6.24.